The molecule has 11 heavy (non-hydrogen) atoms. The number of hydrogen-bond acceptors (Lipinski definition) is 2. The summed E-state index contributed by atoms with van der Waals surface area (Å²) in [6.45, 7) is 0. The van der Waals surface area contributed by atoms with E-state index in [2.05, 4.69) is 10.2 Å². The van der Waals surface area contributed by atoms with Gasteiger partial charge in [-0.3, -0.25) is 0 Å². The minimum absolute atomic E-state index is 0.123. The molecular formula is C5H4ClF3N2. The van der Waals surface area contributed by atoms with E-state index in [4.69, 9.17) is 11.6 Å². The number of alkyl halides is 3. The molecule has 0 fully saturated rings. The van der Waals surface area contributed by atoms with Crippen LogP contribution >= 0.6 is 11.6 Å². The molecule has 1 aliphatic rings. The van der Waals surface area contributed by atoms with Gasteiger partial charge >= 0.3 is 6.18 Å². The van der Waals surface area contributed by atoms with Gasteiger partial charge in [-0.1, -0.05) is 11.6 Å². The van der Waals surface area contributed by atoms with Crippen molar-refractivity contribution in [1.82, 2.24) is 0 Å². The van der Waals surface area contributed by atoms with E-state index in [0.29, 0.717) is 0 Å². The van der Waals surface area contributed by atoms with E-state index in [0.717, 1.165) is 0 Å². The predicted octanol–water partition coefficient (Wildman–Crippen LogP) is 2.34. The van der Waals surface area contributed by atoms with Gasteiger partial charge in [-0.25, -0.2) is 0 Å². The van der Waals surface area contributed by atoms with Crippen LogP contribution in [0.15, 0.2) is 10.2 Å². The molecule has 0 spiro atoms. The highest BCUT2D eigenvalue weighted by Crippen LogP contribution is 2.23. The molecule has 0 saturated carbocycles. The summed E-state index contributed by atoms with van der Waals surface area (Å²) >= 11 is 5.31. The molecule has 0 aromatic heterocycles. The lowest BCUT2D eigenvalue weighted by molar-refractivity contribution is -0.0607. The topological polar surface area (TPSA) is 24.7 Å². The molecule has 2 nitrogen and oxygen atoms in total. The fourth-order valence-corrected chi connectivity index (χ4v) is 0.767. The van der Waals surface area contributed by atoms with Gasteiger partial charge in [0, 0.05) is 12.8 Å². The van der Waals surface area contributed by atoms with Gasteiger partial charge in [-0.2, -0.15) is 13.2 Å². The van der Waals surface area contributed by atoms with Crippen LogP contribution in [0.3, 0.4) is 0 Å². The standard InChI is InChI=1S/C5H4ClF3N2/c6-4-2-1-3(10-11-4)5(7,8)9/h1-2H2. The zero-order valence-corrected chi connectivity index (χ0v) is 6.08. The lowest BCUT2D eigenvalue weighted by atomic mass is 10.2. The molecule has 1 aliphatic heterocycles. The van der Waals surface area contributed by atoms with E-state index < -0.39 is 11.9 Å². The van der Waals surface area contributed by atoms with Crippen molar-refractivity contribution >= 4 is 22.5 Å². The number of hydrogen-bond donors (Lipinski definition) is 0. The summed E-state index contributed by atoms with van der Waals surface area (Å²) < 4.78 is 35.5. The summed E-state index contributed by atoms with van der Waals surface area (Å²) in [5.74, 6) is 0. The lowest BCUT2D eigenvalue weighted by Gasteiger charge is -2.10. The van der Waals surface area contributed by atoms with Gasteiger partial charge < -0.3 is 0 Å². The fourth-order valence-electron chi connectivity index (χ4n) is 0.635. The molecule has 0 saturated heterocycles. The van der Waals surface area contributed by atoms with Crippen LogP contribution < -0.4 is 0 Å². The predicted molar refractivity (Wildman–Crippen MR) is 36.0 cm³/mol. The number of halogens is 4. The molecule has 6 heteroatoms. The van der Waals surface area contributed by atoms with Gasteiger partial charge in [-0.15, -0.1) is 10.2 Å². The Morgan fingerprint density at radius 2 is 1.82 bits per heavy atom. The molecule has 0 aromatic rings. The maximum Gasteiger partial charge on any atom is 0.431 e. The molecule has 0 radical (unpaired) electrons. The Balaban J connectivity index is 2.77. The van der Waals surface area contributed by atoms with E-state index in [-0.39, 0.29) is 18.0 Å². The average Bonchev–Trinajstić information content (AvgIpc) is 1.86. The third-order valence-corrected chi connectivity index (χ3v) is 1.44. The normalized spacial score (nSPS) is 19.3. The molecule has 0 aliphatic carbocycles. The zero-order chi connectivity index (χ0) is 8.48. The van der Waals surface area contributed by atoms with Gasteiger partial charge in [0.15, 0.2) is 0 Å². The van der Waals surface area contributed by atoms with Gasteiger partial charge in [0.05, 0.1) is 0 Å². The van der Waals surface area contributed by atoms with Crippen LogP contribution in [0, 0.1) is 0 Å². The molecule has 0 aromatic carbocycles. The highest BCUT2D eigenvalue weighted by molar-refractivity contribution is 6.65. The van der Waals surface area contributed by atoms with E-state index in [1.54, 1.807) is 0 Å². The van der Waals surface area contributed by atoms with Crippen molar-refractivity contribution in [2.75, 3.05) is 0 Å². The van der Waals surface area contributed by atoms with Gasteiger partial charge in [-0.05, 0) is 0 Å². The Bertz CT molecular complexity index is 218. The summed E-state index contributed by atoms with van der Waals surface area (Å²) in [6, 6.07) is 0. The quantitative estimate of drug-likeness (QED) is 0.552. The largest absolute Gasteiger partial charge is 0.431 e. The average molecular weight is 185 g/mol. The van der Waals surface area contributed by atoms with Crippen LogP contribution in [-0.4, -0.2) is 17.1 Å². The highest BCUT2D eigenvalue weighted by atomic mass is 35.5. The van der Waals surface area contributed by atoms with Crippen LogP contribution in [0.2, 0.25) is 0 Å². The van der Waals surface area contributed by atoms with Crippen LogP contribution in [0.1, 0.15) is 12.8 Å². The first kappa shape index (κ1) is 8.52. The minimum atomic E-state index is -4.36. The van der Waals surface area contributed by atoms with Gasteiger partial charge in [0.2, 0.25) is 0 Å². The molecule has 0 unspecified atom stereocenters. The molecule has 0 atom stereocenters. The molecule has 62 valence electrons. The Labute approximate surface area is 65.8 Å². The summed E-state index contributed by atoms with van der Waals surface area (Å²) in [4.78, 5) is 0. The highest BCUT2D eigenvalue weighted by Gasteiger charge is 2.36. The molecule has 1 heterocycles. The van der Waals surface area contributed by atoms with Crippen molar-refractivity contribution in [2.24, 2.45) is 10.2 Å². The van der Waals surface area contributed by atoms with Crippen molar-refractivity contribution in [3.63, 3.8) is 0 Å². The number of nitrogens with zero attached hydrogens (tertiary/aromatic N) is 2. The first-order chi connectivity index (χ1) is 5.00. The molecular weight excluding hydrogens is 181 g/mol. The number of rotatable bonds is 0. The first-order valence-corrected chi connectivity index (χ1v) is 3.24. The SMILES string of the molecule is FC(F)(F)C1=NN=C(Cl)CC1. The maximum atomic E-state index is 11.8. The van der Waals surface area contributed by atoms with Crippen molar-refractivity contribution in [2.45, 2.75) is 19.0 Å². The van der Waals surface area contributed by atoms with Crippen molar-refractivity contribution in [3.8, 4) is 0 Å². The van der Waals surface area contributed by atoms with Gasteiger partial charge in [0.1, 0.15) is 10.9 Å². The Kier molecular flexibility index (Phi) is 2.17. The Hall–Kier alpha value is -0.580. The van der Waals surface area contributed by atoms with E-state index in [1.807, 2.05) is 0 Å². The third-order valence-electron chi connectivity index (χ3n) is 1.17. The zero-order valence-electron chi connectivity index (χ0n) is 5.32. The van der Waals surface area contributed by atoms with E-state index >= 15 is 0 Å². The molecule has 0 N–H and O–H groups in total. The fraction of sp³-hybridized carbons (Fsp3) is 0.600. The first-order valence-electron chi connectivity index (χ1n) is 2.86. The van der Waals surface area contributed by atoms with Gasteiger partial charge in [0.25, 0.3) is 0 Å². The van der Waals surface area contributed by atoms with Crippen LogP contribution in [0.5, 0.6) is 0 Å². The second-order valence-electron chi connectivity index (χ2n) is 2.02. The van der Waals surface area contributed by atoms with E-state index in [9.17, 15) is 13.2 Å². The second-order valence-corrected chi connectivity index (χ2v) is 2.46. The monoisotopic (exact) mass is 184 g/mol. The molecule has 1 rings (SSSR count). The van der Waals surface area contributed by atoms with Crippen LogP contribution in [-0.2, 0) is 0 Å². The summed E-state index contributed by atoms with van der Waals surface area (Å²) in [6.07, 6.45) is -4.41. The maximum absolute atomic E-state index is 11.8. The molecule has 0 bridgehead atoms. The molecule has 0 amide bonds. The third kappa shape index (κ3) is 2.18. The Morgan fingerprint density at radius 3 is 2.18 bits per heavy atom. The van der Waals surface area contributed by atoms with Crippen LogP contribution in [0.25, 0.3) is 0 Å². The van der Waals surface area contributed by atoms with Crippen molar-refractivity contribution in [1.29, 1.82) is 0 Å². The minimum Gasteiger partial charge on any atom is -0.165 e. The summed E-state index contributed by atoms with van der Waals surface area (Å²) in [5.41, 5.74) is -0.859. The van der Waals surface area contributed by atoms with Crippen molar-refractivity contribution < 1.29 is 13.2 Å². The summed E-state index contributed by atoms with van der Waals surface area (Å²) in [7, 11) is 0. The second kappa shape index (κ2) is 2.81. The van der Waals surface area contributed by atoms with Crippen LogP contribution in [0.4, 0.5) is 13.2 Å². The Morgan fingerprint density at radius 1 is 1.18 bits per heavy atom. The smallest absolute Gasteiger partial charge is 0.165 e. The summed E-state index contributed by atoms with van der Waals surface area (Å²) in [5, 5.41) is 6.18. The van der Waals surface area contributed by atoms with Crippen molar-refractivity contribution in [3.05, 3.63) is 0 Å². The van der Waals surface area contributed by atoms with E-state index in [1.165, 1.54) is 0 Å². The lowest BCUT2D eigenvalue weighted by Crippen LogP contribution is -2.24.